The number of carbonyl (C=O) groups excluding carboxylic acids is 1. The molecule has 0 atom stereocenters. The van der Waals surface area contributed by atoms with Crippen molar-refractivity contribution < 1.29 is 9.21 Å². The average molecular weight is 251 g/mol. The quantitative estimate of drug-likeness (QED) is 0.439. The molecule has 0 spiro atoms. The van der Waals surface area contributed by atoms with Gasteiger partial charge in [-0.05, 0) is 31.9 Å². The van der Waals surface area contributed by atoms with Crippen molar-refractivity contribution in [1.82, 2.24) is 10.3 Å². The van der Waals surface area contributed by atoms with E-state index >= 15 is 0 Å². The van der Waals surface area contributed by atoms with E-state index in [1.165, 1.54) is 25.7 Å². The molecule has 1 heterocycles. The third-order valence-corrected chi connectivity index (χ3v) is 3.33. The van der Waals surface area contributed by atoms with Crippen molar-refractivity contribution >= 4 is 5.91 Å². The molecule has 0 aromatic carbocycles. The van der Waals surface area contributed by atoms with Gasteiger partial charge in [-0.25, -0.2) is 5.84 Å². The van der Waals surface area contributed by atoms with Gasteiger partial charge >= 0.3 is 0 Å². The summed E-state index contributed by atoms with van der Waals surface area (Å²) in [7, 11) is 0. The Morgan fingerprint density at radius 3 is 3.00 bits per heavy atom. The molecule has 5 nitrogen and oxygen atoms in total. The maximum atomic E-state index is 11.6. The molecule has 1 saturated carbocycles. The summed E-state index contributed by atoms with van der Waals surface area (Å²) in [6.07, 6.45) is 6.41. The van der Waals surface area contributed by atoms with Gasteiger partial charge in [0.1, 0.15) is 5.76 Å². The Hall–Kier alpha value is -1.33. The van der Waals surface area contributed by atoms with Crippen LogP contribution in [0.15, 0.2) is 16.7 Å². The van der Waals surface area contributed by atoms with Gasteiger partial charge in [-0.15, -0.1) is 0 Å². The SMILES string of the molecule is CCCCN(Cc1occc1C(=O)NN)C1CC1. The van der Waals surface area contributed by atoms with Crippen LogP contribution in [0, 0.1) is 0 Å². The van der Waals surface area contributed by atoms with Crippen LogP contribution in [0.5, 0.6) is 0 Å². The molecule has 5 heteroatoms. The van der Waals surface area contributed by atoms with Gasteiger partial charge in [-0.2, -0.15) is 0 Å². The molecule has 1 aliphatic carbocycles. The zero-order valence-corrected chi connectivity index (χ0v) is 10.8. The number of nitrogen functional groups attached to an aromatic ring is 1. The van der Waals surface area contributed by atoms with Crippen LogP contribution < -0.4 is 11.3 Å². The third kappa shape index (κ3) is 3.11. The van der Waals surface area contributed by atoms with Gasteiger partial charge in [-0.1, -0.05) is 13.3 Å². The number of unbranched alkanes of at least 4 members (excludes halogenated alkanes) is 1. The minimum atomic E-state index is -0.287. The van der Waals surface area contributed by atoms with Crippen LogP contribution in [-0.2, 0) is 6.54 Å². The zero-order chi connectivity index (χ0) is 13.0. The zero-order valence-electron chi connectivity index (χ0n) is 10.8. The highest BCUT2D eigenvalue weighted by molar-refractivity contribution is 5.94. The van der Waals surface area contributed by atoms with E-state index in [1.807, 2.05) is 0 Å². The monoisotopic (exact) mass is 251 g/mol. The molecule has 1 fully saturated rings. The molecular formula is C13H21N3O2. The van der Waals surface area contributed by atoms with Crippen LogP contribution in [0.4, 0.5) is 0 Å². The third-order valence-electron chi connectivity index (χ3n) is 3.33. The number of carbonyl (C=O) groups is 1. The van der Waals surface area contributed by atoms with Crippen molar-refractivity contribution in [3.8, 4) is 0 Å². The lowest BCUT2D eigenvalue weighted by Gasteiger charge is -2.20. The Morgan fingerprint density at radius 1 is 1.61 bits per heavy atom. The second-order valence-corrected chi connectivity index (χ2v) is 4.79. The van der Waals surface area contributed by atoms with E-state index in [0.29, 0.717) is 23.9 Å². The molecule has 0 unspecified atom stereocenters. The first kappa shape index (κ1) is 13.1. The predicted octanol–water partition coefficient (Wildman–Crippen LogP) is 1.65. The fourth-order valence-corrected chi connectivity index (χ4v) is 2.12. The maximum Gasteiger partial charge on any atom is 0.268 e. The van der Waals surface area contributed by atoms with Gasteiger partial charge in [0.25, 0.3) is 5.91 Å². The van der Waals surface area contributed by atoms with Crippen LogP contribution in [0.25, 0.3) is 0 Å². The van der Waals surface area contributed by atoms with Crippen LogP contribution in [-0.4, -0.2) is 23.4 Å². The number of hydrogen-bond donors (Lipinski definition) is 2. The molecule has 0 bridgehead atoms. The van der Waals surface area contributed by atoms with Crippen LogP contribution in [0.3, 0.4) is 0 Å². The van der Waals surface area contributed by atoms with Gasteiger partial charge in [-0.3, -0.25) is 15.1 Å². The number of amides is 1. The minimum absolute atomic E-state index is 0.287. The first-order valence-corrected chi connectivity index (χ1v) is 6.57. The predicted molar refractivity (Wildman–Crippen MR) is 68.7 cm³/mol. The van der Waals surface area contributed by atoms with Crippen molar-refractivity contribution in [1.29, 1.82) is 0 Å². The van der Waals surface area contributed by atoms with Crippen molar-refractivity contribution in [3.63, 3.8) is 0 Å². The van der Waals surface area contributed by atoms with Crippen LogP contribution >= 0.6 is 0 Å². The highest BCUT2D eigenvalue weighted by Gasteiger charge is 2.30. The largest absolute Gasteiger partial charge is 0.467 e. The molecule has 1 aliphatic rings. The minimum Gasteiger partial charge on any atom is -0.467 e. The highest BCUT2D eigenvalue weighted by atomic mass is 16.3. The van der Waals surface area contributed by atoms with E-state index < -0.39 is 0 Å². The molecule has 0 radical (unpaired) electrons. The smallest absolute Gasteiger partial charge is 0.268 e. The molecule has 100 valence electrons. The molecule has 0 aliphatic heterocycles. The summed E-state index contributed by atoms with van der Waals surface area (Å²) in [4.78, 5) is 14.0. The fourth-order valence-electron chi connectivity index (χ4n) is 2.12. The van der Waals surface area contributed by atoms with E-state index in [4.69, 9.17) is 10.3 Å². The van der Waals surface area contributed by atoms with E-state index in [2.05, 4.69) is 17.2 Å². The van der Waals surface area contributed by atoms with Crippen LogP contribution in [0.1, 0.15) is 48.7 Å². The molecule has 0 saturated heterocycles. The number of rotatable bonds is 7. The Kier molecular flexibility index (Phi) is 4.38. The van der Waals surface area contributed by atoms with Gasteiger partial charge in [0.2, 0.25) is 0 Å². The first-order valence-electron chi connectivity index (χ1n) is 6.57. The average Bonchev–Trinajstić information content (AvgIpc) is 3.13. The number of nitrogens with two attached hydrogens (primary N) is 1. The number of furan rings is 1. The van der Waals surface area contributed by atoms with Crippen molar-refractivity contribution in [2.75, 3.05) is 6.54 Å². The van der Waals surface area contributed by atoms with Gasteiger partial charge in [0.05, 0.1) is 18.4 Å². The molecule has 1 aromatic rings. The maximum absolute atomic E-state index is 11.6. The number of nitrogens with zero attached hydrogens (tertiary/aromatic N) is 1. The van der Waals surface area contributed by atoms with Gasteiger partial charge < -0.3 is 4.42 Å². The Bertz CT molecular complexity index is 399. The molecule has 18 heavy (non-hydrogen) atoms. The second kappa shape index (κ2) is 6.02. The summed E-state index contributed by atoms with van der Waals surface area (Å²) in [5.74, 6) is 5.58. The lowest BCUT2D eigenvalue weighted by atomic mass is 10.2. The van der Waals surface area contributed by atoms with Crippen LogP contribution in [0.2, 0.25) is 0 Å². The van der Waals surface area contributed by atoms with E-state index in [9.17, 15) is 4.79 Å². The number of hydrazine groups is 1. The fraction of sp³-hybridized carbons (Fsp3) is 0.615. The Balaban J connectivity index is 2.01. The molecule has 1 amide bonds. The summed E-state index contributed by atoms with van der Waals surface area (Å²) >= 11 is 0. The summed E-state index contributed by atoms with van der Waals surface area (Å²) < 4.78 is 5.42. The number of nitrogens with one attached hydrogen (secondary N) is 1. The van der Waals surface area contributed by atoms with Crippen molar-refractivity contribution in [3.05, 3.63) is 23.7 Å². The normalized spacial score (nSPS) is 15.1. The van der Waals surface area contributed by atoms with E-state index in [1.54, 1.807) is 12.3 Å². The van der Waals surface area contributed by atoms with Gasteiger partial charge in [0.15, 0.2) is 0 Å². The van der Waals surface area contributed by atoms with Crippen molar-refractivity contribution in [2.24, 2.45) is 5.84 Å². The van der Waals surface area contributed by atoms with E-state index in [-0.39, 0.29) is 5.91 Å². The molecule has 2 rings (SSSR count). The standard InChI is InChI=1S/C13H21N3O2/c1-2-3-7-16(10-4-5-10)9-12-11(6-8-18-12)13(17)15-14/h6,8,10H,2-5,7,9,14H2,1H3,(H,15,17). The van der Waals surface area contributed by atoms with E-state index in [0.717, 1.165) is 6.54 Å². The lowest BCUT2D eigenvalue weighted by molar-refractivity contribution is 0.0949. The summed E-state index contributed by atoms with van der Waals surface area (Å²) in [6.45, 7) is 3.94. The highest BCUT2D eigenvalue weighted by Crippen LogP contribution is 2.29. The number of hydrogen-bond acceptors (Lipinski definition) is 4. The second-order valence-electron chi connectivity index (χ2n) is 4.79. The summed E-state index contributed by atoms with van der Waals surface area (Å²) in [5.41, 5.74) is 2.69. The van der Waals surface area contributed by atoms with Crippen molar-refractivity contribution in [2.45, 2.75) is 45.2 Å². The Labute approximate surface area is 107 Å². The first-order chi connectivity index (χ1) is 8.76. The summed E-state index contributed by atoms with van der Waals surface area (Å²) in [5, 5.41) is 0. The molecule has 3 N–H and O–H groups in total. The summed E-state index contributed by atoms with van der Waals surface area (Å²) in [6, 6.07) is 2.33. The van der Waals surface area contributed by atoms with Gasteiger partial charge in [0, 0.05) is 6.04 Å². The topological polar surface area (TPSA) is 71.5 Å². The molecule has 1 aromatic heterocycles. The molecular weight excluding hydrogens is 230 g/mol. The lowest BCUT2D eigenvalue weighted by Crippen LogP contribution is -2.32. The Morgan fingerprint density at radius 2 is 2.39 bits per heavy atom.